The van der Waals surface area contributed by atoms with Gasteiger partial charge in [-0.15, -0.1) is 0 Å². The fourth-order valence-electron chi connectivity index (χ4n) is 2.69. The largest absolute Gasteiger partial charge is 0.491 e. The molecule has 2 unspecified atom stereocenters. The van der Waals surface area contributed by atoms with Crippen LogP contribution in [0.5, 0.6) is 5.75 Å². The van der Waals surface area contributed by atoms with Gasteiger partial charge in [-0.3, -0.25) is 4.79 Å². The van der Waals surface area contributed by atoms with Crippen LogP contribution in [0.1, 0.15) is 24.8 Å². The number of carbonyl (C=O) groups excluding carboxylic acids is 1. The maximum absolute atomic E-state index is 13.8. The lowest BCUT2D eigenvalue weighted by atomic mass is 10.1. The van der Waals surface area contributed by atoms with Gasteiger partial charge in [-0.05, 0) is 43.0 Å². The summed E-state index contributed by atoms with van der Waals surface area (Å²) >= 11 is 6.16. The van der Waals surface area contributed by atoms with Crippen molar-refractivity contribution in [1.82, 2.24) is 0 Å². The van der Waals surface area contributed by atoms with Gasteiger partial charge in [0.25, 0.3) is 0 Å². The summed E-state index contributed by atoms with van der Waals surface area (Å²) in [7, 11) is 0. The number of amides is 1. The van der Waals surface area contributed by atoms with Gasteiger partial charge in [0.1, 0.15) is 0 Å². The summed E-state index contributed by atoms with van der Waals surface area (Å²) < 4.78 is 18.9. The van der Waals surface area contributed by atoms with Gasteiger partial charge in [0.05, 0.1) is 6.61 Å². The minimum atomic E-state index is -0.483. The molecule has 0 bridgehead atoms. The van der Waals surface area contributed by atoms with E-state index in [1.165, 1.54) is 12.1 Å². The second kappa shape index (κ2) is 6.59. The Balaban J connectivity index is 1.65. The Morgan fingerprint density at radius 1 is 1.35 bits per heavy atom. The van der Waals surface area contributed by atoms with Crippen molar-refractivity contribution in [1.29, 1.82) is 0 Å². The zero-order chi connectivity index (χ0) is 16.4. The number of ether oxygens (including phenoxy) is 1. The minimum absolute atomic E-state index is 0.113. The number of rotatable bonds is 5. The second-order valence-electron chi connectivity index (χ2n) is 5.54. The van der Waals surface area contributed by atoms with Gasteiger partial charge in [0.15, 0.2) is 11.6 Å². The van der Waals surface area contributed by atoms with Crippen LogP contribution >= 0.6 is 11.6 Å². The SMILES string of the molecule is CCOc1ccc(NC(=O)C2CC2c2ccccc2Cl)cc1F. The first kappa shape index (κ1) is 15.8. The molecule has 0 aromatic heterocycles. The number of carbonyl (C=O) groups is 1. The Bertz CT molecular complexity index is 735. The van der Waals surface area contributed by atoms with E-state index >= 15 is 0 Å². The van der Waals surface area contributed by atoms with Crippen molar-refractivity contribution < 1.29 is 13.9 Å². The molecule has 120 valence electrons. The van der Waals surface area contributed by atoms with Crippen molar-refractivity contribution in [3.8, 4) is 5.75 Å². The number of nitrogens with one attached hydrogen (secondary N) is 1. The summed E-state index contributed by atoms with van der Waals surface area (Å²) in [5, 5.41) is 3.44. The van der Waals surface area contributed by atoms with Crippen molar-refractivity contribution in [2.75, 3.05) is 11.9 Å². The quantitative estimate of drug-likeness (QED) is 0.867. The molecule has 0 radical (unpaired) electrons. The molecule has 5 heteroatoms. The molecule has 0 saturated heterocycles. The molecule has 1 fully saturated rings. The van der Waals surface area contributed by atoms with E-state index in [-0.39, 0.29) is 23.5 Å². The number of anilines is 1. The number of halogens is 2. The average Bonchev–Trinajstić information content (AvgIpc) is 3.31. The standard InChI is InChI=1S/C18H17ClFNO2/c1-2-23-17-8-7-11(9-16(17)20)21-18(22)14-10-13(14)12-5-3-4-6-15(12)19/h3-9,13-14H,2,10H2,1H3,(H,21,22). The van der Waals surface area contributed by atoms with Gasteiger partial charge in [0, 0.05) is 22.7 Å². The lowest BCUT2D eigenvalue weighted by Gasteiger charge is -2.08. The van der Waals surface area contributed by atoms with Crippen molar-refractivity contribution in [2.45, 2.75) is 19.3 Å². The summed E-state index contributed by atoms with van der Waals surface area (Å²) in [6.45, 7) is 2.18. The summed E-state index contributed by atoms with van der Waals surface area (Å²) in [5.74, 6) is -0.395. The van der Waals surface area contributed by atoms with E-state index in [0.717, 1.165) is 12.0 Å². The van der Waals surface area contributed by atoms with Crippen LogP contribution < -0.4 is 10.1 Å². The molecule has 3 nitrogen and oxygen atoms in total. The van der Waals surface area contributed by atoms with Crippen LogP contribution in [0.2, 0.25) is 5.02 Å². The highest BCUT2D eigenvalue weighted by molar-refractivity contribution is 6.31. The Morgan fingerprint density at radius 3 is 2.83 bits per heavy atom. The van der Waals surface area contributed by atoms with Gasteiger partial charge >= 0.3 is 0 Å². The van der Waals surface area contributed by atoms with Crippen molar-refractivity contribution in [3.05, 3.63) is 58.9 Å². The van der Waals surface area contributed by atoms with Gasteiger partial charge < -0.3 is 10.1 Å². The minimum Gasteiger partial charge on any atom is -0.491 e. The fraction of sp³-hybridized carbons (Fsp3) is 0.278. The first-order valence-electron chi connectivity index (χ1n) is 7.57. The fourth-order valence-corrected chi connectivity index (χ4v) is 2.97. The zero-order valence-electron chi connectivity index (χ0n) is 12.7. The predicted octanol–water partition coefficient (Wildman–Crippen LogP) is 4.62. The first-order valence-corrected chi connectivity index (χ1v) is 7.95. The molecular formula is C18H17ClFNO2. The Kier molecular flexibility index (Phi) is 4.53. The van der Waals surface area contributed by atoms with E-state index in [2.05, 4.69) is 5.32 Å². The van der Waals surface area contributed by atoms with Crippen LogP contribution in [0.4, 0.5) is 10.1 Å². The monoisotopic (exact) mass is 333 g/mol. The van der Waals surface area contributed by atoms with Crippen molar-refractivity contribution >= 4 is 23.2 Å². The summed E-state index contributed by atoms with van der Waals surface area (Å²) in [6, 6.07) is 12.0. The number of hydrogen-bond acceptors (Lipinski definition) is 2. The molecule has 1 aliphatic rings. The van der Waals surface area contributed by atoms with Crippen LogP contribution in [0.25, 0.3) is 0 Å². The molecular weight excluding hydrogens is 317 g/mol. The molecule has 23 heavy (non-hydrogen) atoms. The van der Waals surface area contributed by atoms with Gasteiger partial charge in [-0.1, -0.05) is 29.8 Å². The van der Waals surface area contributed by atoms with Crippen LogP contribution in [0, 0.1) is 11.7 Å². The summed E-state index contributed by atoms with van der Waals surface area (Å²) in [5.41, 5.74) is 1.42. The molecule has 0 aliphatic heterocycles. The summed E-state index contributed by atoms with van der Waals surface area (Å²) in [6.07, 6.45) is 0.759. The lowest BCUT2D eigenvalue weighted by molar-refractivity contribution is -0.117. The van der Waals surface area contributed by atoms with Crippen LogP contribution in [0.3, 0.4) is 0 Å². The Morgan fingerprint density at radius 2 is 2.13 bits per heavy atom. The first-order chi connectivity index (χ1) is 11.1. The molecule has 1 saturated carbocycles. The second-order valence-corrected chi connectivity index (χ2v) is 5.94. The van der Waals surface area contributed by atoms with E-state index in [1.807, 2.05) is 24.3 Å². The third-order valence-corrected chi connectivity index (χ3v) is 4.28. The van der Waals surface area contributed by atoms with E-state index in [4.69, 9.17) is 16.3 Å². The molecule has 1 amide bonds. The molecule has 2 aromatic rings. The number of benzene rings is 2. The smallest absolute Gasteiger partial charge is 0.228 e. The third-order valence-electron chi connectivity index (χ3n) is 3.93. The topological polar surface area (TPSA) is 38.3 Å². The molecule has 1 N–H and O–H groups in total. The Hall–Kier alpha value is -2.07. The van der Waals surface area contributed by atoms with E-state index in [1.54, 1.807) is 13.0 Å². The maximum Gasteiger partial charge on any atom is 0.228 e. The zero-order valence-corrected chi connectivity index (χ0v) is 13.4. The molecule has 3 rings (SSSR count). The van der Waals surface area contributed by atoms with Crippen LogP contribution in [-0.4, -0.2) is 12.5 Å². The average molecular weight is 334 g/mol. The van der Waals surface area contributed by atoms with Gasteiger partial charge in [-0.2, -0.15) is 0 Å². The molecule has 2 atom stereocenters. The van der Waals surface area contributed by atoms with E-state index < -0.39 is 5.82 Å². The molecule has 1 aliphatic carbocycles. The maximum atomic E-state index is 13.8. The van der Waals surface area contributed by atoms with Crippen molar-refractivity contribution in [3.63, 3.8) is 0 Å². The molecule has 0 heterocycles. The van der Waals surface area contributed by atoms with Crippen LogP contribution in [-0.2, 0) is 4.79 Å². The predicted molar refractivity (Wildman–Crippen MR) is 88.5 cm³/mol. The Labute approximate surface area is 139 Å². The highest BCUT2D eigenvalue weighted by Crippen LogP contribution is 2.50. The normalized spacial score (nSPS) is 19.3. The molecule has 2 aromatic carbocycles. The lowest BCUT2D eigenvalue weighted by Crippen LogP contribution is -2.14. The summed E-state index contributed by atoms with van der Waals surface area (Å²) in [4.78, 5) is 12.3. The molecule has 0 spiro atoms. The van der Waals surface area contributed by atoms with Gasteiger partial charge in [-0.25, -0.2) is 4.39 Å². The van der Waals surface area contributed by atoms with Crippen LogP contribution in [0.15, 0.2) is 42.5 Å². The van der Waals surface area contributed by atoms with Crippen molar-refractivity contribution in [2.24, 2.45) is 5.92 Å². The van der Waals surface area contributed by atoms with E-state index in [0.29, 0.717) is 17.3 Å². The third kappa shape index (κ3) is 3.48. The number of hydrogen-bond donors (Lipinski definition) is 1. The highest BCUT2D eigenvalue weighted by Gasteiger charge is 2.44. The van der Waals surface area contributed by atoms with E-state index in [9.17, 15) is 9.18 Å². The highest BCUT2D eigenvalue weighted by atomic mass is 35.5. The van der Waals surface area contributed by atoms with Gasteiger partial charge in [0.2, 0.25) is 5.91 Å².